The van der Waals surface area contributed by atoms with Gasteiger partial charge in [-0.3, -0.25) is 4.79 Å². The molecule has 0 aliphatic heterocycles. The van der Waals surface area contributed by atoms with Crippen LogP contribution in [0, 0.1) is 0 Å². The molecule has 1 amide bonds. The zero-order valence-electron chi connectivity index (χ0n) is 12.7. The predicted octanol–water partition coefficient (Wildman–Crippen LogP) is 3.27. The highest BCUT2D eigenvalue weighted by molar-refractivity contribution is 6.36. The van der Waals surface area contributed by atoms with Crippen molar-refractivity contribution in [3.8, 4) is 11.5 Å². The zero-order valence-corrected chi connectivity index (χ0v) is 14.2. The number of phenols is 1. The number of para-hydroxylation sites is 2. The molecule has 6 nitrogen and oxygen atoms in total. The van der Waals surface area contributed by atoms with Crippen LogP contribution in [0.5, 0.6) is 11.5 Å². The lowest BCUT2D eigenvalue weighted by atomic mass is 10.2. The number of methoxy groups -OCH3 is 1. The van der Waals surface area contributed by atoms with E-state index in [0.29, 0.717) is 22.0 Å². The normalized spacial score (nSPS) is 10.6. The minimum Gasteiger partial charge on any atom is -0.506 e. The van der Waals surface area contributed by atoms with Crippen LogP contribution in [0.4, 0.5) is 5.69 Å². The molecule has 0 aliphatic rings. The highest BCUT2D eigenvalue weighted by atomic mass is 35.5. The van der Waals surface area contributed by atoms with Crippen LogP contribution in [0.25, 0.3) is 0 Å². The van der Waals surface area contributed by atoms with Crippen LogP contribution in [0.3, 0.4) is 0 Å². The first-order valence-corrected chi connectivity index (χ1v) is 7.63. The summed E-state index contributed by atoms with van der Waals surface area (Å²) in [5.74, 6) is 0.100. The van der Waals surface area contributed by atoms with E-state index in [4.69, 9.17) is 27.9 Å². The van der Waals surface area contributed by atoms with Crippen LogP contribution in [0.15, 0.2) is 41.5 Å². The fraction of sp³-hybridized carbons (Fsp3) is 0.125. The quantitative estimate of drug-likeness (QED) is 0.540. The van der Waals surface area contributed by atoms with E-state index in [2.05, 4.69) is 15.8 Å². The number of carbonyl (C=O) groups is 1. The molecule has 2 rings (SSSR count). The maximum atomic E-state index is 11.8. The van der Waals surface area contributed by atoms with E-state index in [9.17, 15) is 9.90 Å². The maximum Gasteiger partial charge on any atom is 0.259 e. The molecular weight excluding hydrogens is 353 g/mol. The first kappa shape index (κ1) is 17.9. The third kappa shape index (κ3) is 4.78. The second kappa shape index (κ2) is 8.42. The fourth-order valence-corrected chi connectivity index (χ4v) is 2.37. The lowest BCUT2D eigenvalue weighted by Gasteiger charge is -2.09. The monoisotopic (exact) mass is 367 g/mol. The molecule has 126 valence electrons. The van der Waals surface area contributed by atoms with Gasteiger partial charge in [-0.15, -0.1) is 0 Å². The molecule has 0 fully saturated rings. The van der Waals surface area contributed by atoms with E-state index in [1.807, 2.05) is 12.1 Å². The van der Waals surface area contributed by atoms with Crippen molar-refractivity contribution in [2.24, 2.45) is 5.10 Å². The van der Waals surface area contributed by atoms with E-state index >= 15 is 0 Å². The van der Waals surface area contributed by atoms with E-state index in [1.54, 1.807) is 19.2 Å². The van der Waals surface area contributed by atoms with Gasteiger partial charge in [0.25, 0.3) is 5.91 Å². The van der Waals surface area contributed by atoms with Crippen LogP contribution in [-0.4, -0.2) is 30.9 Å². The van der Waals surface area contributed by atoms with Crippen molar-refractivity contribution in [3.05, 3.63) is 52.0 Å². The number of phenolic OH excluding ortho intramolecular Hbond substituents is 1. The van der Waals surface area contributed by atoms with Crippen LogP contribution in [0.1, 0.15) is 5.56 Å². The Kier molecular flexibility index (Phi) is 6.28. The Morgan fingerprint density at radius 2 is 2.08 bits per heavy atom. The maximum absolute atomic E-state index is 11.8. The van der Waals surface area contributed by atoms with Gasteiger partial charge >= 0.3 is 0 Å². The van der Waals surface area contributed by atoms with Gasteiger partial charge in [-0.05, 0) is 24.3 Å². The molecule has 0 saturated heterocycles. The molecule has 0 bridgehead atoms. The third-order valence-corrected chi connectivity index (χ3v) is 3.50. The number of carbonyl (C=O) groups excluding carboxylic acids is 1. The minimum atomic E-state index is -0.371. The smallest absolute Gasteiger partial charge is 0.259 e. The number of nitrogens with one attached hydrogen (secondary N) is 2. The molecule has 0 saturated carbocycles. The lowest BCUT2D eigenvalue weighted by molar-refractivity contribution is -0.119. The number of anilines is 1. The average Bonchev–Trinajstić information content (AvgIpc) is 2.57. The predicted molar refractivity (Wildman–Crippen MR) is 95.3 cm³/mol. The number of benzene rings is 2. The standard InChI is InChI=1S/C16H15Cl2N3O3/c1-24-14-5-3-2-4-13(14)19-9-15(22)21-20-8-10-6-11(17)7-12(18)16(10)23/h2-8,19,23H,9H2,1H3,(H,21,22)/b20-8-. The Bertz CT molecular complexity index is 766. The molecular formula is C16H15Cl2N3O3. The topological polar surface area (TPSA) is 83.0 Å². The summed E-state index contributed by atoms with van der Waals surface area (Å²) >= 11 is 11.6. The second-order valence-electron chi connectivity index (χ2n) is 4.67. The molecule has 0 heterocycles. The molecule has 8 heteroatoms. The molecule has 0 unspecified atom stereocenters. The summed E-state index contributed by atoms with van der Waals surface area (Å²) in [5, 5.41) is 16.9. The molecule has 0 radical (unpaired) electrons. The number of amides is 1. The van der Waals surface area contributed by atoms with Gasteiger partial charge in [-0.2, -0.15) is 5.10 Å². The number of hydrogen-bond acceptors (Lipinski definition) is 5. The fourth-order valence-electron chi connectivity index (χ4n) is 1.86. The van der Waals surface area contributed by atoms with Crippen LogP contribution >= 0.6 is 23.2 Å². The summed E-state index contributed by atoms with van der Waals surface area (Å²) < 4.78 is 5.18. The number of aromatic hydroxyl groups is 1. The first-order valence-electron chi connectivity index (χ1n) is 6.88. The Morgan fingerprint density at radius 1 is 1.33 bits per heavy atom. The minimum absolute atomic E-state index is 0.00000248. The zero-order chi connectivity index (χ0) is 17.5. The van der Waals surface area contributed by atoms with Gasteiger partial charge in [-0.1, -0.05) is 35.3 Å². The number of ether oxygens (including phenoxy) is 1. The number of rotatable bonds is 6. The van der Waals surface area contributed by atoms with Gasteiger partial charge in [0.1, 0.15) is 11.5 Å². The Balaban J connectivity index is 1.92. The highest BCUT2D eigenvalue weighted by Gasteiger charge is 2.07. The Labute approximate surface area is 149 Å². The molecule has 0 spiro atoms. The van der Waals surface area contributed by atoms with Crippen LogP contribution in [0.2, 0.25) is 10.0 Å². The van der Waals surface area contributed by atoms with Gasteiger partial charge in [0.15, 0.2) is 0 Å². The van der Waals surface area contributed by atoms with Crippen molar-refractivity contribution in [1.82, 2.24) is 5.43 Å². The van der Waals surface area contributed by atoms with Crippen molar-refractivity contribution >= 4 is 41.0 Å². The Hall–Kier alpha value is -2.44. The van der Waals surface area contributed by atoms with Crippen molar-refractivity contribution < 1.29 is 14.6 Å². The first-order chi connectivity index (χ1) is 11.5. The van der Waals surface area contributed by atoms with E-state index in [0.717, 1.165) is 0 Å². The van der Waals surface area contributed by atoms with E-state index in [1.165, 1.54) is 18.3 Å². The number of nitrogens with zero attached hydrogens (tertiary/aromatic N) is 1. The van der Waals surface area contributed by atoms with Crippen LogP contribution < -0.4 is 15.5 Å². The van der Waals surface area contributed by atoms with Gasteiger partial charge in [0.2, 0.25) is 0 Å². The average molecular weight is 368 g/mol. The number of halogens is 2. The molecule has 0 aliphatic carbocycles. The van der Waals surface area contributed by atoms with Gasteiger partial charge in [0, 0.05) is 10.6 Å². The third-order valence-electron chi connectivity index (χ3n) is 3.00. The molecule has 24 heavy (non-hydrogen) atoms. The summed E-state index contributed by atoms with van der Waals surface area (Å²) in [6.07, 6.45) is 1.26. The number of hydrazone groups is 1. The summed E-state index contributed by atoms with van der Waals surface area (Å²) in [4.78, 5) is 11.8. The Morgan fingerprint density at radius 3 is 2.83 bits per heavy atom. The largest absolute Gasteiger partial charge is 0.506 e. The molecule has 2 aromatic rings. The van der Waals surface area contributed by atoms with Crippen molar-refractivity contribution in [2.45, 2.75) is 0 Å². The SMILES string of the molecule is COc1ccccc1NCC(=O)N/N=C\c1cc(Cl)cc(Cl)c1O. The van der Waals surface area contributed by atoms with E-state index < -0.39 is 0 Å². The molecule has 0 atom stereocenters. The van der Waals surface area contributed by atoms with Crippen molar-refractivity contribution in [3.63, 3.8) is 0 Å². The lowest BCUT2D eigenvalue weighted by Crippen LogP contribution is -2.26. The highest BCUT2D eigenvalue weighted by Crippen LogP contribution is 2.29. The van der Waals surface area contributed by atoms with Crippen LogP contribution in [-0.2, 0) is 4.79 Å². The van der Waals surface area contributed by atoms with E-state index in [-0.39, 0.29) is 23.2 Å². The molecule has 2 aromatic carbocycles. The summed E-state index contributed by atoms with van der Waals surface area (Å²) in [6, 6.07) is 10.1. The number of hydrogen-bond donors (Lipinski definition) is 3. The summed E-state index contributed by atoms with van der Waals surface area (Å²) in [7, 11) is 1.55. The molecule has 3 N–H and O–H groups in total. The summed E-state index contributed by atoms with van der Waals surface area (Å²) in [5.41, 5.74) is 3.32. The second-order valence-corrected chi connectivity index (χ2v) is 5.52. The van der Waals surface area contributed by atoms with Crippen molar-refractivity contribution in [2.75, 3.05) is 19.0 Å². The van der Waals surface area contributed by atoms with Gasteiger partial charge < -0.3 is 15.2 Å². The van der Waals surface area contributed by atoms with Gasteiger partial charge in [-0.25, -0.2) is 5.43 Å². The van der Waals surface area contributed by atoms with Crippen molar-refractivity contribution in [1.29, 1.82) is 0 Å². The summed E-state index contributed by atoms with van der Waals surface area (Å²) in [6.45, 7) is -0.00000248. The molecule has 0 aromatic heterocycles. The van der Waals surface area contributed by atoms with Gasteiger partial charge in [0.05, 0.1) is 30.6 Å².